The molecule has 0 N–H and O–H groups in total. The van der Waals surface area contributed by atoms with Gasteiger partial charge in [-0.05, 0) is 13.8 Å². The van der Waals surface area contributed by atoms with Crippen LogP contribution in [0.1, 0.15) is 13.8 Å². The van der Waals surface area contributed by atoms with E-state index in [1.807, 2.05) is 6.92 Å². The van der Waals surface area contributed by atoms with Crippen molar-refractivity contribution in [3.05, 3.63) is 0 Å². The van der Waals surface area contributed by atoms with Crippen LogP contribution in [0.2, 0.25) is 0 Å². The van der Waals surface area contributed by atoms with Crippen LogP contribution < -0.4 is 0 Å². The van der Waals surface area contributed by atoms with E-state index in [0.717, 1.165) is 0 Å². The van der Waals surface area contributed by atoms with Gasteiger partial charge in [0.2, 0.25) is 0 Å². The Morgan fingerprint density at radius 1 is 1.44 bits per heavy atom. The highest BCUT2D eigenvalue weighted by Gasteiger charge is 1.97. The van der Waals surface area contributed by atoms with Crippen molar-refractivity contribution in [2.45, 2.75) is 20.1 Å². The summed E-state index contributed by atoms with van der Waals surface area (Å²) in [7, 11) is 0. The zero-order valence-electron chi connectivity index (χ0n) is 5.89. The van der Waals surface area contributed by atoms with Crippen molar-refractivity contribution < 1.29 is 13.9 Å². The van der Waals surface area contributed by atoms with Crippen LogP contribution in [0.25, 0.3) is 0 Å². The molecule has 0 rings (SSSR count). The van der Waals surface area contributed by atoms with Crippen LogP contribution in [0.15, 0.2) is 0 Å². The summed E-state index contributed by atoms with van der Waals surface area (Å²) in [4.78, 5) is 0. The van der Waals surface area contributed by atoms with Gasteiger partial charge in [-0.2, -0.15) is 0 Å². The van der Waals surface area contributed by atoms with E-state index in [1.54, 1.807) is 6.92 Å². The summed E-state index contributed by atoms with van der Waals surface area (Å²) >= 11 is 0. The molecule has 0 amide bonds. The Kier molecular flexibility index (Phi) is 5.88. The molecule has 1 unspecified atom stereocenters. The van der Waals surface area contributed by atoms with Gasteiger partial charge in [0, 0.05) is 6.61 Å². The lowest BCUT2D eigenvalue weighted by Crippen LogP contribution is -2.13. The summed E-state index contributed by atoms with van der Waals surface area (Å²) in [5.74, 6) is 0. The molecule has 0 saturated carbocycles. The number of hydrogen-bond acceptors (Lipinski definition) is 2. The molecule has 0 aromatic carbocycles. The molecule has 0 heterocycles. The predicted octanol–water partition coefficient (Wildman–Crippen LogP) is 1.35. The number of hydrogen-bond donors (Lipinski definition) is 0. The lowest BCUT2D eigenvalue weighted by atomic mass is 10.7. The Balaban J connectivity index is 2.95. The molecule has 2 nitrogen and oxygen atoms in total. The normalized spacial score (nSPS) is 13.7. The van der Waals surface area contributed by atoms with Crippen molar-refractivity contribution in [2.75, 3.05) is 19.9 Å². The van der Waals surface area contributed by atoms with E-state index in [2.05, 4.69) is 0 Å². The average molecular weight is 136 g/mol. The van der Waals surface area contributed by atoms with Crippen molar-refractivity contribution in [1.82, 2.24) is 0 Å². The SMILES string of the molecule is CCOC(C)OCCF. The highest BCUT2D eigenvalue weighted by atomic mass is 19.1. The first kappa shape index (κ1) is 8.85. The van der Waals surface area contributed by atoms with Gasteiger partial charge in [-0.3, -0.25) is 0 Å². The van der Waals surface area contributed by atoms with Crippen molar-refractivity contribution >= 4 is 0 Å². The molecular weight excluding hydrogens is 123 g/mol. The molecule has 9 heavy (non-hydrogen) atoms. The first-order chi connectivity index (χ1) is 4.31. The lowest BCUT2D eigenvalue weighted by Gasteiger charge is -2.10. The summed E-state index contributed by atoms with van der Waals surface area (Å²) in [6.07, 6.45) is -0.272. The van der Waals surface area contributed by atoms with E-state index in [9.17, 15) is 4.39 Å². The Morgan fingerprint density at radius 2 is 2.11 bits per heavy atom. The van der Waals surface area contributed by atoms with Crippen LogP contribution in [0.3, 0.4) is 0 Å². The molecule has 3 heteroatoms. The van der Waals surface area contributed by atoms with E-state index in [1.165, 1.54) is 0 Å². The minimum atomic E-state index is -0.447. The van der Waals surface area contributed by atoms with Crippen LogP contribution in [0, 0.1) is 0 Å². The molecule has 0 fully saturated rings. The smallest absolute Gasteiger partial charge is 0.154 e. The summed E-state index contributed by atoms with van der Waals surface area (Å²) in [6, 6.07) is 0. The second-order valence-corrected chi connectivity index (χ2v) is 1.58. The highest BCUT2D eigenvalue weighted by molar-refractivity contribution is 4.30. The van der Waals surface area contributed by atoms with Crippen molar-refractivity contribution in [2.24, 2.45) is 0 Å². The first-order valence-corrected chi connectivity index (χ1v) is 3.10. The minimum Gasteiger partial charge on any atom is -0.353 e. The number of ether oxygens (including phenoxy) is 2. The van der Waals surface area contributed by atoms with Gasteiger partial charge in [0.25, 0.3) is 0 Å². The molecule has 1 atom stereocenters. The zero-order valence-corrected chi connectivity index (χ0v) is 5.89. The Morgan fingerprint density at radius 3 is 2.56 bits per heavy atom. The summed E-state index contributed by atoms with van der Waals surface area (Å²) in [5.41, 5.74) is 0. The standard InChI is InChI=1S/C6H13FO2/c1-3-8-6(2)9-5-4-7/h6H,3-5H2,1-2H3. The van der Waals surface area contributed by atoms with Crippen molar-refractivity contribution in [3.63, 3.8) is 0 Å². The first-order valence-electron chi connectivity index (χ1n) is 3.10. The molecule has 56 valence electrons. The largest absolute Gasteiger partial charge is 0.353 e. The molecule has 0 aromatic rings. The summed E-state index contributed by atoms with van der Waals surface area (Å²) < 4.78 is 21.2. The van der Waals surface area contributed by atoms with E-state index < -0.39 is 6.67 Å². The summed E-state index contributed by atoms with van der Waals surface area (Å²) in [5, 5.41) is 0. The molecule has 0 saturated heterocycles. The molecule has 0 aliphatic carbocycles. The third-order valence-electron chi connectivity index (χ3n) is 0.831. The maximum atomic E-state index is 11.4. The van der Waals surface area contributed by atoms with Gasteiger partial charge >= 0.3 is 0 Å². The van der Waals surface area contributed by atoms with Gasteiger partial charge in [-0.25, -0.2) is 4.39 Å². The predicted molar refractivity (Wildman–Crippen MR) is 33.0 cm³/mol. The van der Waals surface area contributed by atoms with Crippen molar-refractivity contribution in [1.29, 1.82) is 0 Å². The van der Waals surface area contributed by atoms with Gasteiger partial charge in [-0.1, -0.05) is 0 Å². The van der Waals surface area contributed by atoms with E-state index in [0.29, 0.717) is 6.61 Å². The van der Waals surface area contributed by atoms with Crippen LogP contribution in [-0.4, -0.2) is 26.2 Å². The highest BCUT2D eigenvalue weighted by Crippen LogP contribution is 1.91. The van der Waals surface area contributed by atoms with Crippen LogP contribution in [-0.2, 0) is 9.47 Å². The molecule has 0 aliphatic heterocycles. The minimum absolute atomic E-state index is 0.126. The Hall–Kier alpha value is -0.150. The van der Waals surface area contributed by atoms with Crippen LogP contribution >= 0.6 is 0 Å². The fourth-order valence-corrected chi connectivity index (χ4v) is 0.493. The van der Waals surface area contributed by atoms with Gasteiger partial charge in [0.05, 0.1) is 6.61 Å². The third kappa shape index (κ3) is 5.73. The van der Waals surface area contributed by atoms with Crippen molar-refractivity contribution in [3.8, 4) is 0 Å². The molecule has 0 radical (unpaired) electrons. The fraction of sp³-hybridized carbons (Fsp3) is 1.00. The number of halogens is 1. The molecular formula is C6H13FO2. The Bertz CT molecular complexity index is 59.0. The zero-order chi connectivity index (χ0) is 7.11. The lowest BCUT2D eigenvalue weighted by molar-refractivity contribution is -0.128. The van der Waals surface area contributed by atoms with Crippen LogP contribution in [0.5, 0.6) is 0 Å². The maximum absolute atomic E-state index is 11.4. The van der Waals surface area contributed by atoms with Gasteiger partial charge in [0.1, 0.15) is 6.67 Å². The van der Waals surface area contributed by atoms with Gasteiger partial charge < -0.3 is 9.47 Å². The fourth-order valence-electron chi connectivity index (χ4n) is 0.493. The number of alkyl halides is 1. The maximum Gasteiger partial charge on any atom is 0.154 e. The van der Waals surface area contributed by atoms with E-state index in [4.69, 9.17) is 9.47 Å². The molecule has 0 bridgehead atoms. The quantitative estimate of drug-likeness (QED) is 0.531. The summed E-state index contributed by atoms with van der Waals surface area (Å²) in [6.45, 7) is 3.90. The average Bonchev–Trinajstić information content (AvgIpc) is 1.85. The van der Waals surface area contributed by atoms with E-state index in [-0.39, 0.29) is 12.9 Å². The van der Waals surface area contributed by atoms with Gasteiger partial charge in [0.15, 0.2) is 6.29 Å². The van der Waals surface area contributed by atoms with Crippen LogP contribution in [0.4, 0.5) is 4.39 Å². The topological polar surface area (TPSA) is 18.5 Å². The molecule has 0 aromatic heterocycles. The second kappa shape index (κ2) is 5.98. The molecule has 0 aliphatic rings. The monoisotopic (exact) mass is 136 g/mol. The number of rotatable bonds is 5. The van der Waals surface area contributed by atoms with Gasteiger partial charge in [-0.15, -0.1) is 0 Å². The van der Waals surface area contributed by atoms with E-state index >= 15 is 0 Å². The third-order valence-corrected chi connectivity index (χ3v) is 0.831. The Labute approximate surface area is 55.0 Å². The molecule has 0 spiro atoms. The second-order valence-electron chi connectivity index (χ2n) is 1.58.